The van der Waals surface area contributed by atoms with E-state index in [1.165, 1.54) is 0 Å². The smallest absolute Gasteiger partial charge is 0.489 e. The van der Waals surface area contributed by atoms with Gasteiger partial charge >= 0.3 is 7.12 Å². The molecule has 1 aliphatic carbocycles. The Morgan fingerprint density at radius 2 is 1.77 bits per heavy atom. The monoisotopic (exact) mass is 303 g/mol. The second-order valence-electron chi connectivity index (χ2n) is 7.71. The quantitative estimate of drug-likeness (QED) is 0.802. The van der Waals surface area contributed by atoms with E-state index in [0.29, 0.717) is 12.0 Å². The lowest BCUT2D eigenvalue weighted by molar-refractivity contribution is 0.00578. The molecule has 1 saturated heterocycles. The highest BCUT2D eigenvalue weighted by Gasteiger charge is 2.52. The number of hydrogen-bond donors (Lipinski definition) is 0. The number of pyridine rings is 1. The van der Waals surface area contributed by atoms with Crippen LogP contribution in [0.5, 0.6) is 5.75 Å². The van der Waals surface area contributed by atoms with Gasteiger partial charge in [-0.05, 0) is 52.5 Å². The summed E-state index contributed by atoms with van der Waals surface area (Å²) in [5.41, 5.74) is 1.29. The molecule has 0 spiro atoms. The zero-order valence-corrected chi connectivity index (χ0v) is 14.5. The van der Waals surface area contributed by atoms with Crippen molar-refractivity contribution in [2.45, 2.75) is 77.6 Å². The lowest BCUT2D eigenvalue weighted by Crippen LogP contribution is -2.41. The topological polar surface area (TPSA) is 40.6 Å². The Labute approximate surface area is 133 Å². The summed E-state index contributed by atoms with van der Waals surface area (Å²) in [6, 6.07) is 2.07. The lowest BCUT2D eigenvalue weighted by atomic mass is 9.78. The van der Waals surface area contributed by atoms with Crippen LogP contribution in [0.1, 0.15) is 66.0 Å². The summed E-state index contributed by atoms with van der Waals surface area (Å²) in [7, 11) is -0.403. The molecule has 1 aromatic heterocycles. The summed E-state index contributed by atoms with van der Waals surface area (Å²) in [5, 5.41) is 0. The van der Waals surface area contributed by atoms with Gasteiger partial charge in [0.1, 0.15) is 5.75 Å². The zero-order valence-electron chi connectivity index (χ0n) is 14.5. The maximum absolute atomic E-state index is 6.20. The van der Waals surface area contributed by atoms with Crippen LogP contribution in [0.25, 0.3) is 0 Å². The van der Waals surface area contributed by atoms with Crippen LogP contribution in [0, 0.1) is 0 Å². The normalized spacial score (nSPS) is 23.1. The molecule has 5 heteroatoms. The van der Waals surface area contributed by atoms with Crippen molar-refractivity contribution in [3.05, 3.63) is 18.0 Å². The van der Waals surface area contributed by atoms with Gasteiger partial charge in [-0.2, -0.15) is 0 Å². The number of aromatic nitrogens is 1. The van der Waals surface area contributed by atoms with Crippen molar-refractivity contribution in [3.8, 4) is 5.75 Å². The number of ether oxygens (including phenoxy) is 1. The molecule has 0 aromatic carbocycles. The third-order valence-corrected chi connectivity index (χ3v) is 4.84. The standard InChI is InChI=1S/C17H26BNO3/c1-11(2)14-9-13(15(10-19-14)20-12-7-8-12)18-21-16(3,4)17(5,6)22-18/h9-12H,7-8H2,1-6H3. The zero-order chi connectivity index (χ0) is 16.1. The van der Waals surface area contributed by atoms with E-state index in [0.717, 1.165) is 29.7 Å². The Morgan fingerprint density at radius 1 is 1.18 bits per heavy atom. The molecule has 0 unspecified atom stereocenters. The Morgan fingerprint density at radius 3 is 2.27 bits per heavy atom. The average Bonchev–Trinajstić information content (AvgIpc) is 3.17. The van der Waals surface area contributed by atoms with E-state index in [1.54, 1.807) is 0 Å². The van der Waals surface area contributed by atoms with Crippen LogP contribution in [0.15, 0.2) is 12.3 Å². The van der Waals surface area contributed by atoms with E-state index in [-0.39, 0.29) is 11.2 Å². The first-order valence-electron chi connectivity index (χ1n) is 8.22. The first-order valence-corrected chi connectivity index (χ1v) is 8.22. The number of hydrogen-bond acceptors (Lipinski definition) is 4. The fourth-order valence-corrected chi connectivity index (χ4v) is 2.41. The molecule has 2 aliphatic rings. The highest BCUT2D eigenvalue weighted by Crippen LogP contribution is 2.37. The van der Waals surface area contributed by atoms with Crippen molar-refractivity contribution in [2.75, 3.05) is 0 Å². The van der Waals surface area contributed by atoms with Gasteiger partial charge in [0.15, 0.2) is 0 Å². The van der Waals surface area contributed by atoms with E-state index in [4.69, 9.17) is 14.0 Å². The molecular weight excluding hydrogens is 277 g/mol. The van der Waals surface area contributed by atoms with E-state index in [9.17, 15) is 0 Å². The fraction of sp³-hybridized carbons (Fsp3) is 0.706. The van der Waals surface area contributed by atoms with Gasteiger partial charge in [-0.25, -0.2) is 0 Å². The van der Waals surface area contributed by atoms with Gasteiger partial charge in [0.2, 0.25) is 0 Å². The summed E-state index contributed by atoms with van der Waals surface area (Å²) in [6.07, 6.45) is 4.39. The fourth-order valence-electron chi connectivity index (χ4n) is 2.41. The molecule has 0 bridgehead atoms. The average molecular weight is 303 g/mol. The Bertz CT molecular complexity index is 551. The Hall–Kier alpha value is -1.07. The predicted molar refractivity (Wildman–Crippen MR) is 87.7 cm³/mol. The third-order valence-electron chi connectivity index (χ3n) is 4.84. The molecule has 2 fully saturated rings. The molecule has 120 valence electrons. The molecule has 1 aromatic rings. The van der Waals surface area contributed by atoms with Gasteiger partial charge in [-0.15, -0.1) is 0 Å². The molecule has 1 aliphatic heterocycles. The minimum atomic E-state index is -0.403. The lowest BCUT2D eigenvalue weighted by Gasteiger charge is -2.32. The number of rotatable bonds is 4. The van der Waals surface area contributed by atoms with Crippen molar-refractivity contribution in [2.24, 2.45) is 0 Å². The summed E-state index contributed by atoms with van der Waals surface area (Å²) >= 11 is 0. The van der Waals surface area contributed by atoms with E-state index in [1.807, 2.05) is 6.20 Å². The van der Waals surface area contributed by atoms with Crippen LogP contribution in [-0.4, -0.2) is 29.4 Å². The molecule has 0 N–H and O–H groups in total. The summed E-state index contributed by atoms with van der Waals surface area (Å²) in [5.74, 6) is 1.15. The molecular formula is C17H26BNO3. The van der Waals surface area contributed by atoms with Crippen LogP contribution in [0.2, 0.25) is 0 Å². The van der Waals surface area contributed by atoms with Crippen molar-refractivity contribution in [1.82, 2.24) is 4.98 Å². The number of nitrogens with zero attached hydrogens (tertiary/aromatic N) is 1. The SMILES string of the molecule is CC(C)c1cc(B2OC(C)(C)C(C)(C)O2)c(OC2CC2)cn1. The predicted octanol–water partition coefficient (Wildman–Crippen LogP) is 3.05. The van der Waals surface area contributed by atoms with Crippen LogP contribution in [-0.2, 0) is 9.31 Å². The minimum Gasteiger partial charge on any atom is -0.489 e. The third kappa shape index (κ3) is 2.89. The molecule has 2 heterocycles. The van der Waals surface area contributed by atoms with Crippen LogP contribution in [0.4, 0.5) is 0 Å². The summed E-state index contributed by atoms with van der Waals surface area (Å²) in [4.78, 5) is 4.53. The first kappa shape index (κ1) is 15.8. The molecule has 4 nitrogen and oxygen atoms in total. The molecule has 1 saturated carbocycles. The van der Waals surface area contributed by atoms with Crippen molar-refractivity contribution in [3.63, 3.8) is 0 Å². The van der Waals surface area contributed by atoms with Gasteiger partial charge in [0.25, 0.3) is 0 Å². The van der Waals surface area contributed by atoms with Gasteiger partial charge < -0.3 is 14.0 Å². The summed E-state index contributed by atoms with van der Waals surface area (Å²) in [6.45, 7) is 12.5. The Balaban J connectivity index is 1.95. The largest absolute Gasteiger partial charge is 0.498 e. The van der Waals surface area contributed by atoms with Crippen LogP contribution >= 0.6 is 0 Å². The highest BCUT2D eigenvalue weighted by molar-refractivity contribution is 6.63. The van der Waals surface area contributed by atoms with Gasteiger partial charge in [-0.3, -0.25) is 4.98 Å². The van der Waals surface area contributed by atoms with Crippen LogP contribution < -0.4 is 10.2 Å². The van der Waals surface area contributed by atoms with Crippen molar-refractivity contribution < 1.29 is 14.0 Å². The van der Waals surface area contributed by atoms with E-state index < -0.39 is 7.12 Å². The second-order valence-corrected chi connectivity index (χ2v) is 7.71. The van der Waals surface area contributed by atoms with E-state index in [2.05, 4.69) is 52.6 Å². The van der Waals surface area contributed by atoms with Gasteiger partial charge in [0, 0.05) is 11.2 Å². The second kappa shape index (κ2) is 5.24. The van der Waals surface area contributed by atoms with Crippen molar-refractivity contribution in [1.29, 1.82) is 0 Å². The van der Waals surface area contributed by atoms with E-state index >= 15 is 0 Å². The molecule has 3 rings (SSSR count). The minimum absolute atomic E-state index is 0.327. The maximum Gasteiger partial charge on any atom is 0.498 e. The summed E-state index contributed by atoms with van der Waals surface area (Å²) < 4.78 is 18.4. The molecule has 0 amide bonds. The maximum atomic E-state index is 6.20. The Kier molecular flexibility index (Phi) is 3.77. The first-order chi connectivity index (χ1) is 10.2. The molecule has 22 heavy (non-hydrogen) atoms. The van der Waals surface area contributed by atoms with Gasteiger partial charge in [0.05, 0.1) is 23.5 Å². The van der Waals surface area contributed by atoms with Crippen LogP contribution in [0.3, 0.4) is 0 Å². The van der Waals surface area contributed by atoms with Gasteiger partial charge in [-0.1, -0.05) is 13.8 Å². The highest BCUT2D eigenvalue weighted by atomic mass is 16.7. The van der Waals surface area contributed by atoms with Crippen molar-refractivity contribution >= 4 is 12.6 Å². The molecule has 0 radical (unpaired) electrons. The molecule has 0 atom stereocenters.